The summed E-state index contributed by atoms with van der Waals surface area (Å²) in [6.07, 6.45) is -1.04. The van der Waals surface area contributed by atoms with Crippen LogP contribution < -0.4 is 0 Å². The largest absolute Gasteiger partial charge is 0.386 e. The number of halogens is 1. The Morgan fingerprint density at radius 3 is 3.06 bits per heavy atom. The Bertz CT molecular complexity index is 359. The van der Waals surface area contributed by atoms with Gasteiger partial charge in [0.25, 0.3) is 0 Å². The van der Waals surface area contributed by atoms with Crippen molar-refractivity contribution < 1.29 is 14.2 Å². The average molecular weight is 225 g/mol. The highest BCUT2D eigenvalue weighted by Gasteiger charge is 2.26. The predicted molar refractivity (Wildman–Crippen MR) is 58.6 cm³/mol. The molecule has 0 spiro atoms. The van der Waals surface area contributed by atoms with Gasteiger partial charge in [0.1, 0.15) is 18.0 Å². The van der Waals surface area contributed by atoms with E-state index in [-0.39, 0.29) is 11.9 Å². The molecule has 1 fully saturated rings. The van der Waals surface area contributed by atoms with Gasteiger partial charge in [-0.25, -0.2) is 4.39 Å². The van der Waals surface area contributed by atoms with Crippen molar-refractivity contribution in [1.82, 2.24) is 4.90 Å². The molecule has 1 heterocycles. The van der Waals surface area contributed by atoms with Crippen LogP contribution in [0.15, 0.2) is 24.3 Å². The second-order valence-electron chi connectivity index (χ2n) is 4.17. The lowest BCUT2D eigenvalue weighted by Gasteiger charge is -2.33. The summed E-state index contributed by atoms with van der Waals surface area (Å²) in [6, 6.07) is 6.03. The van der Waals surface area contributed by atoms with Crippen LogP contribution in [0.1, 0.15) is 11.7 Å². The van der Waals surface area contributed by atoms with Crippen molar-refractivity contribution in [3.05, 3.63) is 35.6 Å². The lowest BCUT2D eigenvalue weighted by Crippen LogP contribution is -2.42. The molecule has 88 valence electrons. The highest BCUT2D eigenvalue weighted by atomic mass is 19.1. The summed E-state index contributed by atoms with van der Waals surface area (Å²) in [7, 11) is 1.98. The normalized spacial score (nSPS) is 24.3. The van der Waals surface area contributed by atoms with E-state index in [2.05, 4.69) is 4.90 Å². The van der Waals surface area contributed by atoms with Gasteiger partial charge in [0.05, 0.1) is 6.61 Å². The van der Waals surface area contributed by atoms with Crippen molar-refractivity contribution in [2.75, 3.05) is 26.7 Å². The molecule has 0 aromatic heterocycles. The summed E-state index contributed by atoms with van der Waals surface area (Å²) in [5.74, 6) is -0.333. The van der Waals surface area contributed by atoms with Crippen LogP contribution in [-0.2, 0) is 4.74 Å². The number of benzene rings is 1. The number of morpholine rings is 1. The Hall–Kier alpha value is -0.970. The van der Waals surface area contributed by atoms with Gasteiger partial charge in [-0.3, -0.25) is 0 Å². The first-order chi connectivity index (χ1) is 7.66. The molecule has 1 N–H and O–H groups in total. The van der Waals surface area contributed by atoms with E-state index >= 15 is 0 Å². The molecule has 1 aliphatic heterocycles. The van der Waals surface area contributed by atoms with Gasteiger partial charge >= 0.3 is 0 Å². The molecule has 1 aromatic carbocycles. The molecule has 3 nitrogen and oxygen atoms in total. The molecule has 0 saturated carbocycles. The first kappa shape index (κ1) is 11.5. The SMILES string of the molecule is CN1CCOC(C(O)c2cccc(F)c2)C1. The first-order valence-corrected chi connectivity index (χ1v) is 5.40. The topological polar surface area (TPSA) is 32.7 Å². The summed E-state index contributed by atoms with van der Waals surface area (Å²) in [5, 5.41) is 10.1. The molecule has 0 aliphatic carbocycles. The number of likely N-dealkylation sites (N-methyl/N-ethyl adjacent to an activating group) is 1. The molecule has 0 bridgehead atoms. The standard InChI is InChI=1S/C12H16FNO2/c1-14-5-6-16-11(8-14)12(15)9-3-2-4-10(13)7-9/h2-4,7,11-12,15H,5-6,8H2,1H3. The van der Waals surface area contributed by atoms with Crippen molar-refractivity contribution in [2.45, 2.75) is 12.2 Å². The lowest BCUT2D eigenvalue weighted by atomic mass is 10.0. The molecule has 1 aliphatic rings. The van der Waals surface area contributed by atoms with Crippen LogP contribution in [0.4, 0.5) is 4.39 Å². The van der Waals surface area contributed by atoms with E-state index in [1.807, 2.05) is 7.05 Å². The summed E-state index contributed by atoms with van der Waals surface area (Å²) < 4.78 is 18.5. The van der Waals surface area contributed by atoms with Crippen molar-refractivity contribution >= 4 is 0 Å². The van der Waals surface area contributed by atoms with E-state index in [0.717, 1.165) is 6.54 Å². The number of ether oxygens (including phenoxy) is 1. The van der Waals surface area contributed by atoms with E-state index in [9.17, 15) is 9.50 Å². The number of rotatable bonds is 2. The molecular weight excluding hydrogens is 209 g/mol. The number of aliphatic hydroxyl groups excluding tert-OH is 1. The van der Waals surface area contributed by atoms with Crippen molar-refractivity contribution in [1.29, 1.82) is 0 Å². The Morgan fingerprint density at radius 2 is 2.38 bits per heavy atom. The fourth-order valence-electron chi connectivity index (χ4n) is 1.91. The van der Waals surface area contributed by atoms with Crippen LogP contribution in [0.25, 0.3) is 0 Å². The second kappa shape index (κ2) is 4.91. The van der Waals surface area contributed by atoms with Crippen molar-refractivity contribution in [3.8, 4) is 0 Å². The monoisotopic (exact) mass is 225 g/mol. The molecule has 16 heavy (non-hydrogen) atoms. The molecular formula is C12H16FNO2. The highest BCUT2D eigenvalue weighted by Crippen LogP contribution is 2.22. The van der Waals surface area contributed by atoms with E-state index in [1.54, 1.807) is 12.1 Å². The van der Waals surface area contributed by atoms with Gasteiger partial charge in [-0.2, -0.15) is 0 Å². The van der Waals surface area contributed by atoms with E-state index < -0.39 is 6.10 Å². The Labute approximate surface area is 94.4 Å². The first-order valence-electron chi connectivity index (χ1n) is 5.40. The van der Waals surface area contributed by atoms with Gasteiger partial charge in [0.15, 0.2) is 0 Å². The minimum absolute atomic E-state index is 0.277. The van der Waals surface area contributed by atoms with Crippen LogP contribution >= 0.6 is 0 Å². The zero-order valence-electron chi connectivity index (χ0n) is 9.27. The number of aliphatic hydroxyl groups is 1. The Morgan fingerprint density at radius 1 is 1.56 bits per heavy atom. The zero-order chi connectivity index (χ0) is 11.5. The highest BCUT2D eigenvalue weighted by molar-refractivity contribution is 5.20. The van der Waals surface area contributed by atoms with Gasteiger partial charge in [0.2, 0.25) is 0 Å². The van der Waals surface area contributed by atoms with Gasteiger partial charge in [-0.05, 0) is 24.7 Å². The van der Waals surface area contributed by atoms with E-state index in [4.69, 9.17) is 4.74 Å². The maximum atomic E-state index is 13.0. The predicted octanol–water partition coefficient (Wildman–Crippen LogP) is 1.19. The van der Waals surface area contributed by atoms with Crippen LogP contribution in [0, 0.1) is 5.82 Å². The third kappa shape index (κ3) is 2.58. The Balaban J connectivity index is 2.09. The molecule has 2 atom stereocenters. The quantitative estimate of drug-likeness (QED) is 0.820. The van der Waals surface area contributed by atoms with Crippen molar-refractivity contribution in [3.63, 3.8) is 0 Å². The van der Waals surface area contributed by atoms with Crippen molar-refractivity contribution in [2.24, 2.45) is 0 Å². The second-order valence-corrected chi connectivity index (χ2v) is 4.17. The fourth-order valence-corrected chi connectivity index (χ4v) is 1.91. The number of nitrogens with zero attached hydrogens (tertiary/aromatic N) is 1. The summed E-state index contributed by atoms with van der Waals surface area (Å²) >= 11 is 0. The molecule has 1 saturated heterocycles. The molecule has 4 heteroatoms. The smallest absolute Gasteiger partial charge is 0.123 e. The minimum atomic E-state index is -0.765. The lowest BCUT2D eigenvalue weighted by molar-refractivity contribution is -0.0845. The number of hydrogen-bond acceptors (Lipinski definition) is 3. The van der Waals surface area contributed by atoms with E-state index in [1.165, 1.54) is 12.1 Å². The molecule has 2 rings (SSSR count). The van der Waals surface area contributed by atoms with Crippen LogP contribution in [0.3, 0.4) is 0 Å². The minimum Gasteiger partial charge on any atom is -0.386 e. The molecule has 0 radical (unpaired) electrons. The molecule has 1 aromatic rings. The van der Waals surface area contributed by atoms with Gasteiger partial charge < -0.3 is 14.7 Å². The molecule has 2 unspecified atom stereocenters. The van der Waals surface area contributed by atoms with Gasteiger partial charge in [0, 0.05) is 13.1 Å². The molecule has 0 amide bonds. The van der Waals surface area contributed by atoms with Crippen LogP contribution in [0.2, 0.25) is 0 Å². The fraction of sp³-hybridized carbons (Fsp3) is 0.500. The third-order valence-corrected chi connectivity index (χ3v) is 2.84. The zero-order valence-corrected chi connectivity index (χ0v) is 9.27. The Kier molecular flexibility index (Phi) is 3.53. The number of hydrogen-bond donors (Lipinski definition) is 1. The van der Waals surface area contributed by atoms with Crippen LogP contribution in [0.5, 0.6) is 0 Å². The van der Waals surface area contributed by atoms with Gasteiger partial charge in [-0.1, -0.05) is 12.1 Å². The van der Waals surface area contributed by atoms with E-state index in [0.29, 0.717) is 18.7 Å². The summed E-state index contributed by atoms with van der Waals surface area (Å²) in [5.41, 5.74) is 0.570. The van der Waals surface area contributed by atoms with Gasteiger partial charge in [-0.15, -0.1) is 0 Å². The summed E-state index contributed by atoms with van der Waals surface area (Å²) in [4.78, 5) is 2.09. The maximum absolute atomic E-state index is 13.0. The van der Waals surface area contributed by atoms with Crippen LogP contribution in [-0.4, -0.2) is 42.9 Å². The maximum Gasteiger partial charge on any atom is 0.123 e. The third-order valence-electron chi connectivity index (χ3n) is 2.84. The summed E-state index contributed by atoms with van der Waals surface area (Å²) in [6.45, 7) is 2.14. The average Bonchev–Trinajstić information content (AvgIpc) is 2.28.